The van der Waals surface area contributed by atoms with Gasteiger partial charge in [0, 0.05) is 30.9 Å². The SMILES string of the molecule is O=C1CCN(c2ccc(-c3ccncc3)nn2)C1. The van der Waals surface area contributed by atoms with Crippen LogP contribution in [0.15, 0.2) is 36.7 Å². The van der Waals surface area contributed by atoms with E-state index in [0.29, 0.717) is 13.0 Å². The van der Waals surface area contributed by atoms with Gasteiger partial charge in [-0.1, -0.05) is 0 Å². The van der Waals surface area contributed by atoms with Gasteiger partial charge in [0.1, 0.15) is 0 Å². The van der Waals surface area contributed by atoms with Crippen LogP contribution in [0, 0.1) is 0 Å². The Morgan fingerprint density at radius 1 is 1.06 bits per heavy atom. The lowest BCUT2D eigenvalue weighted by Gasteiger charge is -2.14. The molecule has 0 N–H and O–H groups in total. The van der Waals surface area contributed by atoms with Crippen LogP contribution in [-0.4, -0.2) is 34.1 Å². The fourth-order valence-corrected chi connectivity index (χ4v) is 2.00. The van der Waals surface area contributed by atoms with Crippen LogP contribution in [-0.2, 0) is 4.79 Å². The third-order valence-electron chi connectivity index (χ3n) is 2.98. The Morgan fingerprint density at radius 3 is 2.50 bits per heavy atom. The highest BCUT2D eigenvalue weighted by Gasteiger charge is 2.20. The van der Waals surface area contributed by atoms with Gasteiger partial charge in [-0.25, -0.2) is 0 Å². The number of anilines is 1. The van der Waals surface area contributed by atoms with Crippen molar-refractivity contribution in [2.45, 2.75) is 6.42 Å². The van der Waals surface area contributed by atoms with Gasteiger partial charge in [0.25, 0.3) is 0 Å². The summed E-state index contributed by atoms with van der Waals surface area (Å²) < 4.78 is 0. The molecule has 0 spiro atoms. The third-order valence-corrected chi connectivity index (χ3v) is 2.98. The largest absolute Gasteiger partial charge is 0.347 e. The van der Waals surface area contributed by atoms with Gasteiger partial charge in [-0.15, -0.1) is 10.2 Å². The molecule has 5 nitrogen and oxygen atoms in total. The second-order valence-electron chi connectivity index (χ2n) is 4.22. The molecule has 3 heterocycles. The molecule has 0 radical (unpaired) electrons. The van der Waals surface area contributed by atoms with Crippen LogP contribution < -0.4 is 4.90 Å². The van der Waals surface area contributed by atoms with Crippen molar-refractivity contribution in [2.24, 2.45) is 0 Å². The Hall–Kier alpha value is -2.30. The fourth-order valence-electron chi connectivity index (χ4n) is 2.00. The van der Waals surface area contributed by atoms with Crippen LogP contribution in [0.2, 0.25) is 0 Å². The summed E-state index contributed by atoms with van der Waals surface area (Å²) in [7, 11) is 0. The zero-order chi connectivity index (χ0) is 12.4. The van der Waals surface area contributed by atoms with Crippen molar-refractivity contribution in [2.75, 3.05) is 18.0 Å². The molecule has 0 atom stereocenters. The van der Waals surface area contributed by atoms with E-state index < -0.39 is 0 Å². The maximum Gasteiger partial charge on any atom is 0.153 e. The van der Waals surface area contributed by atoms with E-state index in [9.17, 15) is 4.79 Å². The first-order valence-electron chi connectivity index (χ1n) is 5.84. The van der Waals surface area contributed by atoms with E-state index in [4.69, 9.17) is 0 Å². The Labute approximate surface area is 104 Å². The summed E-state index contributed by atoms with van der Waals surface area (Å²) in [6, 6.07) is 7.61. The zero-order valence-electron chi connectivity index (χ0n) is 9.78. The van der Waals surface area contributed by atoms with Crippen LogP contribution in [0.3, 0.4) is 0 Å². The van der Waals surface area contributed by atoms with Crippen LogP contribution in [0.1, 0.15) is 6.42 Å². The first kappa shape index (κ1) is 10.8. The number of aromatic nitrogens is 3. The summed E-state index contributed by atoms with van der Waals surface area (Å²) in [5.41, 5.74) is 1.80. The zero-order valence-corrected chi connectivity index (χ0v) is 9.78. The molecule has 1 aliphatic rings. The lowest BCUT2D eigenvalue weighted by Crippen LogP contribution is -2.21. The standard InChI is InChI=1S/C13H12N4O/c18-11-5-8-17(9-11)13-2-1-12(15-16-13)10-3-6-14-7-4-10/h1-4,6-7H,5,8-9H2. The van der Waals surface area contributed by atoms with Gasteiger partial charge in [0.15, 0.2) is 11.6 Å². The van der Waals surface area contributed by atoms with Crippen LogP contribution in [0.4, 0.5) is 5.82 Å². The van der Waals surface area contributed by atoms with E-state index in [-0.39, 0.29) is 5.78 Å². The molecule has 5 heteroatoms. The minimum Gasteiger partial charge on any atom is -0.347 e. The normalized spacial score (nSPS) is 15.1. The number of hydrogen-bond acceptors (Lipinski definition) is 5. The number of carbonyl (C=O) groups is 1. The van der Waals surface area contributed by atoms with Gasteiger partial charge >= 0.3 is 0 Å². The predicted molar refractivity (Wildman–Crippen MR) is 67.1 cm³/mol. The van der Waals surface area contributed by atoms with Crippen LogP contribution in [0.25, 0.3) is 11.3 Å². The first-order valence-corrected chi connectivity index (χ1v) is 5.84. The Balaban J connectivity index is 1.83. The molecule has 1 saturated heterocycles. The number of hydrogen-bond donors (Lipinski definition) is 0. The average molecular weight is 240 g/mol. The van der Waals surface area contributed by atoms with Gasteiger partial charge in [0.2, 0.25) is 0 Å². The number of Topliss-reactive ketones (excluding diaryl/α,β-unsaturated/α-hetero) is 1. The van der Waals surface area contributed by atoms with E-state index in [2.05, 4.69) is 15.2 Å². The first-order chi connectivity index (χ1) is 8.83. The lowest BCUT2D eigenvalue weighted by atomic mass is 10.2. The monoisotopic (exact) mass is 240 g/mol. The van der Waals surface area contributed by atoms with Crippen LogP contribution >= 0.6 is 0 Å². The van der Waals surface area contributed by atoms with Crippen molar-refractivity contribution in [3.63, 3.8) is 0 Å². The summed E-state index contributed by atoms with van der Waals surface area (Å²) in [4.78, 5) is 17.1. The number of carbonyl (C=O) groups excluding carboxylic acids is 1. The maximum absolute atomic E-state index is 11.2. The van der Waals surface area contributed by atoms with E-state index in [1.165, 1.54) is 0 Å². The quantitative estimate of drug-likeness (QED) is 0.792. The molecule has 0 aliphatic carbocycles. The highest BCUT2D eigenvalue weighted by atomic mass is 16.1. The van der Waals surface area contributed by atoms with Crippen molar-refractivity contribution in [1.82, 2.24) is 15.2 Å². The molecule has 90 valence electrons. The van der Waals surface area contributed by atoms with Crippen molar-refractivity contribution in [1.29, 1.82) is 0 Å². The summed E-state index contributed by atoms with van der Waals surface area (Å²) in [6.07, 6.45) is 4.06. The summed E-state index contributed by atoms with van der Waals surface area (Å²) in [5.74, 6) is 1.02. The third kappa shape index (κ3) is 2.07. The van der Waals surface area contributed by atoms with E-state index >= 15 is 0 Å². The van der Waals surface area contributed by atoms with Crippen molar-refractivity contribution < 1.29 is 4.79 Å². The Kier molecular flexibility index (Phi) is 2.72. The molecule has 0 unspecified atom stereocenters. The second kappa shape index (κ2) is 4.52. The van der Waals surface area contributed by atoms with Gasteiger partial charge in [-0.2, -0.15) is 0 Å². The topological polar surface area (TPSA) is 59.0 Å². The molecule has 0 aromatic carbocycles. The molecule has 0 amide bonds. The minimum atomic E-state index is 0.259. The van der Waals surface area contributed by atoms with E-state index in [1.807, 2.05) is 29.2 Å². The molecule has 2 aromatic heterocycles. The number of rotatable bonds is 2. The predicted octanol–water partition coefficient (Wildman–Crippen LogP) is 1.32. The van der Waals surface area contributed by atoms with Gasteiger partial charge < -0.3 is 4.90 Å². The fraction of sp³-hybridized carbons (Fsp3) is 0.231. The second-order valence-corrected chi connectivity index (χ2v) is 4.22. The summed E-state index contributed by atoms with van der Waals surface area (Å²) >= 11 is 0. The van der Waals surface area contributed by atoms with Crippen molar-refractivity contribution >= 4 is 11.6 Å². The lowest BCUT2D eigenvalue weighted by molar-refractivity contribution is -0.116. The van der Waals surface area contributed by atoms with Crippen LogP contribution in [0.5, 0.6) is 0 Å². The Morgan fingerprint density at radius 2 is 1.89 bits per heavy atom. The molecule has 1 aliphatic heterocycles. The van der Waals surface area contributed by atoms with Gasteiger partial charge in [-0.05, 0) is 24.3 Å². The van der Waals surface area contributed by atoms with Crippen molar-refractivity contribution in [3.05, 3.63) is 36.7 Å². The highest BCUT2D eigenvalue weighted by molar-refractivity contribution is 5.86. The Bertz CT molecular complexity index is 553. The average Bonchev–Trinajstić information content (AvgIpc) is 2.87. The molecular formula is C13H12N4O. The molecule has 0 saturated carbocycles. The summed E-state index contributed by atoms with van der Waals surface area (Å²) in [5, 5.41) is 8.36. The molecular weight excluding hydrogens is 228 g/mol. The molecule has 1 fully saturated rings. The smallest absolute Gasteiger partial charge is 0.153 e. The van der Waals surface area contributed by atoms with Gasteiger partial charge in [0.05, 0.1) is 12.2 Å². The minimum absolute atomic E-state index is 0.259. The highest BCUT2D eigenvalue weighted by Crippen LogP contribution is 2.19. The van der Waals surface area contributed by atoms with E-state index in [1.54, 1.807) is 12.4 Å². The number of ketones is 1. The van der Waals surface area contributed by atoms with E-state index in [0.717, 1.165) is 23.6 Å². The maximum atomic E-state index is 11.2. The number of nitrogens with zero attached hydrogens (tertiary/aromatic N) is 4. The molecule has 2 aromatic rings. The van der Waals surface area contributed by atoms with Crippen molar-refractivity contribution in [3.8, 4) is 11.3 Å². The molecule has 3 rings (SSSR count). The molecule has 18 heavy (non-hydrogen) atoms. The summed E-state index contributed by atoms with van der Waals surface area (Å²) in [6.45, 7) is 1.19. The molecule has 0 bridgehead atoms. The number of pyridine rings is 1. The van der Waals surface area contributed by atoms with Gasteiger partial charge in [-0.3, -0.25) is 9.78 Å².